The van der Waals surface area contributed by atoms with Gasteiger partial charge in [-0.3, -0.25) is 0 Å². The number of pyridine rings is 1. The molecule has 31 heavy (non-hydrogen) atoms. The second-order valence-corrected chi connectivity index (χ2v) is 10.8. The van der Waals surface area contributed by atoms with Crippen LogP contribution in [-0.2, 0) is 16.3 Å². The Bertz CT molecular complexity index is 952. The monoisotopic (exact) mass is 448 g/mol. The van der Waals surface area contributed by atoms with Gasteiger partial charge in [-0.1, -0.05) is 18.4 Å². The van der Waals surface area contributed by atoms with Crippen LogP contribution >= 0.6 is 0 Å². The topological polar surface area (TPSA) is 98.4 Å². The molecular weight excluding hydrogens is 416 g/mol. The van der Waals surface area contributed by atoms with E-state index in [9.17, 15) is 8.42 Å². The van der Waals surface area contributed by atoms with E-state index in [1.807, 2.05) is 0 Å². The van der Waals surface area contributed by atoms with Gasteiger partial charge in [0.1, 0.15) is 0 Å². The average Bonchev–Trinajstić information content (AvgIpc) is 3.38. The smallest absolute Gasteiger partial charge is 0.318 e. The second-order valence-electron chi connectivity index (χ2n) is 8.81. The van der Waals surface area contributed by atoms with Crippen LogP contribution in [0, 0.1) is 17.8 Å². The first-order valence-corrected chi connectivity index (χ1v) is 13.2. The number of aryl methyl sites for hydroxylation is 1. The fourth-order valence-corrected chi connectivity index (χ4v) is 5.05. The molecule has 2 aliphatic rings. The molecule has 1 aliphatic heterocycles. The number of hydrogen-bond acceptors (Lipinski definition) is 8. The van der Waals surface area contributed by atoms with Crippen molar-refractivity contribution in [3.05, 3.63) is 24.2 Å². The van der Waals surface area contributed by atoms with Crippen molar-refractivity contribution >= 4 is 15.9 Å². The van der Waals surface area contributed by atoms with Gasteiger partial charge in [-0.15, -0.1) is 5.10 Å². The van der Waals surface area contributed by atoms with E-state index in [1.54, 1.807) is 12.1 Å². The number of nitrogens with zero attached hydrogens (tertiary/aromatic N) is 4. The highest BCUT2D eigenvalue weighted by Gasteiger charge is 2.43. The normalized spacial score (nSPS) is 21.9. The van der Waals surface area contributed by atoms with E-state index in [0.717, 1.165) is 62.4 Å². The molecule has 0 N–H and O–H groups in total. The predicted octanol–water partition coefficient (Wildman–Crippen LogP) is 3.53. The number of ether oxygens (including phenoxy) is 1. The maximum absolute atomic E-state index is 11.5. The summed E-state index contributed by atoms with van der Waals surface area (Å²) in [7, 11) is -3.22. The molecule has 0 aromatic carbocycles. The Morgan fingerprint density at radius 1 is 1.23 bits per heavy atom. The fourth-order valence-electron chi connectivity index (χ4n) is 4.49. The Kier molecular flexibility index (Phi) is 6.79. The molecule has 170 valence electrons. The molecule has 0 unspecified atom stereocenters. The summed E-state index contributed by atoms with van der Waals surface area (Å²) >= 11 is 0. The second kappa shape index (κ2) is 9.54. The molecule has 1 saturated carbocycles. The van der Waals surface area contributed by atoms with Crippen LogP contribution in [0.1, 0.15) is 51.3 Å². The van der Waals surface area contributed by atoms with Crippen molar-refractivity contribution in [2.45, 2.75) is 56.8 Å². The summed E-state index contributed by atoms with van der Waals surface area (Å²) in [6, 6.07) is 3.85. The summed E-state index contributed by atoms with van der Waals surface area (Å²) < 4.78 is 34.5. The molecular formula is C22H32N4O4S. The molecule has 0 amide bonds. The largest absolute Gasteiger partial charge is 0.478 e. The van der Waals surface area contributed by atoms with Crippen LogP contribution < -0.4 is 9.64 Å². The summed E-state index contributed by atoms with van der Waals surface area (Å²) in [5.74, 6) is 3.50. The Morgan fingerprint density at radius 3 is 2.71 bits per heavy atom. The lowest BCUT2D eigenvalue weighted by Crippen LogP contribution is -2.34. The maximum Gasteiger partial charge on any atom is 0.318 e. The molecule has 4 rings (SSSR count). The highest BCUT2D eigenvalue weighted by Crippen LogP contribution is 2.49. The van der Waals surface area contributed by atoms with Crippen LogP contribution in [0.5, 0.6) is 5.88 Å². The molecule has 0 spiro atoms. The lowest BCUT2D eigenvalue weighted by atomic mass is 9.91. The average molecular weight is 449 g/mol. The van der Waals surface area contributed by atoms with Crippen LogP contribution in [0.2, 0.25) is 0 Å². The quantitative estimate of drug-likeness (QED) is 0.544. The molecule has 2 aromatic rings. The van der Waals surface area contributed by atoms with Gasteiger partial charge in [0.25, 0.3) is 0 Å². The van der Waals surface area contributed by atoms with E-state index in [2.05, 4.69) is 27.0 Å². The van der Waals surface area contributed by atoms with Gasteiger partial charge in [-0.25, -0.2) is 13.4 Å². The molecule has 3 heterocycles. The number of rotatable bonds is 10. The number of aromatic nitrogens is 3. The summed E-state index contributed by atoms with van der Waals surface area (Å²) in [6.45, 7) is 4.74. The first-order valence-electron chi connectivity index (χ1n) is 11.3. The summed E-state index contributed by atoms with van der Waals surface area (Å²) in [5.41, 5.74) is 0. The number of piperidine rings is 1. The molecule has 0 radical (unpaired) electrons. The Balaban J connectivity index is 1.16. The van der Waals surface area contributed by atoms with Gasteiger partial charge in [0.15, 0.2) is 9.84 Å². The lowest BCUT2D eigenvalue weighted by Gasteiger charge is -2.31. The van der Waals surface area contributed by atoms with Crippen molar-refractivity contribution in [1.29, 1.82) is 0 Å². The molecule has 0 bridgehead atoms. The number of sulfone groups is 1. The lowest BCUT2D eigenvalue weighted by molar-refractivity contribution is 0.275. The Labute approximate surface area is 184 Å². The number of unbranched alkanes of at least 4 members (excludes halogenated alkanes) is 1. The van der Waals surface area contributed by atoms with Crippen molar-refractivity contribution in [1.82, 2.24) is 15.2 Å². The Morgan fingerprint density at radius 2 is 2.03 bits per heavy atom. The standard InChI is InChI=1S/C22H32N4O4S/c1-3-4-5-21-24-25-22(30-21)26-11-8-16(9-12-26)19-14-17(19)10-13-29-20-7-6-18(15-23-20)31(2,27)28/h6-7,15-17,19H,3-5,8-14H2,1-2H3/t17-,19-/m1/s1. The molecule has 1 aliphatic carbocycles. The fraction of sp³-hybridized carbons (Fsp3) is 0.682. The third-order valence-electron chi connectivity index (χ3n) is 6.47. The van der Waals surface area contributed by atoms with Crippen LogP contribution in [0.15, 0.2) is 27.6 Å². The van der Waals surface area contributed by atoms with Gasteiger partial charge in [0.05, 0.1) is 11.5 Å². The van der Waals surface area contributed by atoms with Gasteiger partial charge in [0.2, 0.25) is 11.8 Å². The van der Waals surface area contributed by atoms with E-state index in [-0.39, 0.29) is 4.90 Å². The minimum absolute atomic E-state index is 0.214. The highest BCUT2D eigenvalue weighted by atomic mass is 32.2. The van der Waals surface area contributed by atoms with Gasteiger partial charge in [-0.05, 0) is 55.9 Å². The SMILES string of the molecule is CCCCc1nnc(N2CCC([C@H]3C[C@H]3CCOc3ccc(S(C)(=O)=O)cn3)CC2)o1. The zero-order valence-corrected chi connectivity index (χ0v) is 19.2. The van der Waals surface area contributed by atoms with Crippen LogP contribution in [0.4, 0.5) is 6.01 Å². The van der Waals surface area contributed by atoms with Crippen LogP contribution in [-0.4, -0.2) is 49.6 Å². The highest BCUT2D eigenvalue weighted by molar-refractivity contribution is 7.90. The van der Waals surface area contributed by atoms with Gasteiger partial charge >= 0.3 is 6.01 Å². The van der Waals surface area contributed by atoms with Crippen molar-refractivity contribution in [3.8, 4) is 5.88 Å². The molecule has 9 heteroatoms. The first kappa shape index (κ1) is 22.0. The van der Waals surface area contributed by atoms with Crippen molar-refractivity contribution < 1.29 is 17.6 Å². The zero-order valence-electron chi connectivity index (χ0n) is 18.4. The van der Waals surface area contributed by atoms with Crippen LogP contribution in [0.25, 0.3) is 0 Å². The van der Waals surface area contributed by atoms with Gasteiger partial charge in [-0.2, -0.15) is 0 Å². The maximum atomic E-state index is 11.5. The van der Waals surface area contributed by atoms with Crippen molar-refractivity contribution in [3.63, 3.8) is 0 Å². The Hall–Kier alpha value is -2.16. The van der Waals surface area contributed by atoms with E-state index >= 15 is 0 Å². The van der Waals surface area contributed by atoms with E-state index < -0.39 is 9.84 Å². The first-order chi connectivity index (χ1) is 14.9. The summed E-state index contributed by atoms with van der Waals surface area (Å²) in [6.07, 6.45) is 10.2. The van der Waals surface area contributed by atoms with E-state index in [1.165, 1.54) is 31.7 Å². The van der Waals surface area contributed by atoms with Crippen molar-refractivity contribution in [2.24, 2.45) is 17.8 Å². The minimum atomic E-state index is -3.22. The van der Waals surface area contributed by atoms with E-state index in [0.29, 0.717) is 18.5 Å². The van der Waals surface area contributed by atoms with E-state index in [4.69, 9.17) is 9.15 Å². The summed E-state index contributed by atoms with van der Waals surface area (Å²) in [5, 5.41) is 8.41. The predicted molar refractivity (Wildman–Crippen MR) is 117 cm³/mol. The molecule has 2 atom stereocenters. The number of hydrogen-bond donors (Lipinski definition) is 0. The molecule has 1 saturated heterocycles. The molecule has 2 aromatic heterocycles. The van der Waals surface area contributed by atoms with Gasteiger partial charge in [0, 0.05) is 38.0 Å². The third-order valence-corrected chi connectivity index (χ3v) is 7.57. The van der Waals surface area contributed by atoms with Crippen molar-refractivity contribution in [2.75, 3.05) is 30.9 Å². The molecule has 8 nitrogen and oxygen atoms in total. The summed E-state index contributed by atoms with van der Waals surface area (Å²) in [4.78, 5) is 6.54. The van der Waals surface area contributed by atoms with Crippen LogP contribution in [0.3, 0.4) is 0 Å². The molecule has 2 fully saturated rings. The minimum Gasteiger partial charge on any atom is -0.478 e. The third kappa shape index (κ3) is 5.75. The van der Waals surface area contributed by atoms with Gasteiger partial charge < -0.3 is 14.1 Å². The number of anilines is 1. The zero-order chi connectivity index (χ0) is 21.8.